The second-order valence-corrected chi connectivity index (χ2v) is 5.77. The Labute approximate surface area is 106 Å². The zero-order valence-electron chi connectivity index (χ0n) is 11.5. The number of piperidine rings is 1. The number of rotatable bonds is 4. The second-order valence-electron chi connectivity index (χ2n) is 5.77. The summed E-state index contributed by atoms with van der Waals surface area (Å²) in [6, 6.07) is 1.40. The van der Waals surface area contributed by atoms with Crippen molar-refractivity contribution in [2.24, 2.45) is 0 Å². The first-order valence-electron chi connectivity index (χ1n) is 7.34. The fourth-order valence-electron chi connectivity index (χ4n) is 3.19. The molecule has 0 aromatic rings. The molecule has 3 unspecified atom stereocenters. The van der Waals surface area contributed by atoms with Crippen molar-refractivity contribution in [2.75, 3.05) is 26.7 Å². The van der Waals surface area contributed by atoms with Crippen molar-refractivity contribution in [1.82, 2.24) is 10.2 Å². The van der Waals surface area contributed by atoms with Gasteiger partial charge in [0.2, 0.25) is 0 Å². The van der Waals surface area contributed by atoms with E-state index in [0.717, 1.165) is 6.61 Å². The number of nitrogens with zero attached hydrogens (tertiary/aromatic N) is 1. The molecule has 100 valence electrons. The molecular weight excluding hydrogens is 212 g/mol. The van der Waals surface area contributed by atoms with Crippen LogP contribution in [0.2, 0.25) is 0 Å². The van der Waals surface area contributed by atoms with Gasteiger partial charge in [-0.2, -0.15) is 0 Å². The van der Waals surface area contributed by atoms with E-state index in [9.17, 15) is 0 Å². The molecule has 2 aliphatic heterocycles. The molecule has 0 spiro atoms. The molecule has 0 bridgehead atoms. The maximum atomic E-state index is 5.81. The fraction of sp³-hybridized carbons (Fsp3) is 1.00. The van der Waals surface area contributed by atoms with Gasteiger partial charge in [0.05, 0.1) is 6.10 Å². The number of hydrogen-bond acceptors (Lipinski definition) is 3. The molecule has 0 aliphatic carbocycles. The molecule has 2 heterocycles. The molecule has 0 aromatic heterocycles. The first-order chi connectivity index (χ1) is 8.28. The van der Waals surface area contributed by atoms with Crippen LogP contribution in [-0.4, -0.2) is 49.8 Å². The van der Waals surface area contributed by atoms with Gasteiger partial charge in [0.15, 0.2) is 0 Å². The van der Waals surface area contributed by atoms with Crippen LogP contribution < -0.4 is 5.32 Å². The van der Waals surface area contributed by atoms with E-state index in [1.165, 1.54) is 51.6 Å². The van der Waals surface area contributed by atoms with Gasteiger partial charge < -0.3 is 15.0 Å². The Morgan fingerprint density at radius 3 is 2.94 bits per heavy atom. The van der Waals surface area contributed by atoms with Gasteiger partial charge in [-0.1, -0.05) is 13.3 Å². The van der Waals surface area contributed by atoms with Crippen LogP contribution in [0.15, 0.2) is 0 Å². The Hall–Kier alpha value is -0.120. The van der Waals surface area contributed by atoms with E-state index in [1.807, 2.05) is 0 Å². The predicted octanol–water partition coefficient (Wildman–Crippen LogP) is 2.02. The molecule has 2 rings (SSSR count). The van der Waals surface area contributed by atoms with Gasteiger partial charge in [-0.25, -0.2) is 0 Å². The normalized spacial score (nSPS) is 36.0. The van der Waals surface area contributed by atoms with Crippen LogP contribution in [0.5, 0.6) is 0 Å². The molecule has 17 heavy (non-hydrogen) atoms. The highest BCUT2D eigenvalue weighted by Crippen LogP contribution is 2.19. The Morgan fingerprint density at radius 1 is 1.29 bits per heavy atom. The van der Waals surface area contributed by atoms with Crippen LogP contribution in [-0.2, 0) is 4.74 Å². The van der Waals surface area contributed by atoms with Gasteiger partial charge in [0.1, 0.15) is 0 Å². The first kappa shape index (κ1) is 13.3. The van der Waals surface area contributed by atoms with Gasteiger partial charge in [0.25, 0.3) is 0 Å². The Balaban J connectivity index is 1.74. The minimum absolute atomic E-state index is 0.507. The van der Waals surface area contributed by atoms with Gasteiger partial charge in [-0.15, -0.1) is 0 Å². The minimum Gasteiger partial charge on any atom is -0.378 e. The van der Waals surface area contributed by atoms with Crippen molar-refractivity contribution in [3.8, 4) is 0 Å². The molecule has 2 fully saturated rings. The molecule has 2 saturated heterocycles. The summed E-state index contributed by atoms with van der Waals surface area (Å²) in [5.41, 5.74) is 0. The summed E-state index contributed by atoms with van der Waals surface area (Å²) in [4.78, 5) is 2.45. The molecule has 2 aliphatic rings. The van der Waals surface area contributed by atoms with Crippen molar-refractivity contribution < 1.29 is 4.74 Å². The van der Waals surface area contributed by atoms with Crippen LogP contribution >= 0.6 is 0 Å². The summed E-state index contributed by atoms with van der Waals surface area (Å²) in [7, 11) is 2.23. The third-order valence-electron chi connectivity index (χ3n) is 4.07. The van der Waals surface area contributed by atoms with Crippen molar-refractivity contribution in [1.29, 1.82) is 0 Å². The smallest absolute Gasteiger partial charge is 0.0589 e. The summed E-state index contributed by atoms with van der Waals surface area (Å²) in [5, 5.41) is 3.85. The third-order valence-corrected chi connectivity index (χ3v) is 4.07. The molecule has 3 heteroatoms. The fourth-order valence-corrected chi connectivity index (χ4v) is 3.19. The molecule has 0 aromatic carbocycles. The maximum Gasteiger partial charge on any atom is 0.0589 e. The molecular formula is C14H28N2O. The summed E-state index contributed by atoms with van der Waals surface area (Å²) >= 11 is 0. The lowest BCUT2D eigenvalue weighted by Gasteiger charge is -2.36. The molecule has 3 nitrogen and oxygen atoms in total. The predicted molar refractivity (Wildman–Crippen MR) is 71.3 cm³/mol. The lowest BCUT2D eigenvalue weighted by molar-refractivity contribution is -0.00651. The Kier molecular flexibility index (Phi) is 5.26. The van der Waals surface area contributed by atoms with Crippen LogP contribution in [0, 0.1) is 0 Å². The largest absolute Gasteiger partial charge is 0.378 e. The van der Waals surface area contributed by atoms with Crippen molar-refractivity contribution in [3.63, 3.8) is 0 Å². The molecule has 0 amide bonds. The van der Waals surface area contributed by atoms with Gasteiger partial charge in [-0.3, -0.25) is 0 Å². The van der Waals surface area contributed by atoms with Crippen LogP contribution in [0.1, 0.15) is 45.4 Å². The van der Waals surface area contributed by atoms with Gasteiger partial charge in [0, 0.05) is 25.2 Å². The lowest BCUT2D eigenvalue weighted by atomic mass is 9.97. The summed E-state index contributed by atoms with van der Waals surface area (Å²) in [5.74, 6) is 0. The minimum atomic E-state index is 0.507. The van der Waals surface area contributed by atoms with E-state index >= 15 is 0 Å². The van der Waals surface area contributed by atoms with Crippen LogP contribution in [0.4, 0.5) is 0 Å². The number of likely N-dealkylation sites (N-methyl/N-ethyl adjacent to an activating group) is 1. The van der Waals surface area contributed by atoms with E-state index in [-0.39, 0.29) is 0 Å². The van der Waals surface area contributed by atoms with Crippen molar-refractivity contribution in [2.45, 2.75) is 63.6 Å². The molecule has 1 N–H and O–H groups in total. The monoisotopic (exact) mass is 240 g/mol. The van der Waals surface area contributed by atoms with Crippen LogP contribution in [0.25, 0.3) is 0 Å². The topological polar surface area (TPSA) is 24.5 Å². The van der Waals surface area contributed by atoms with Crippen LogP contribution in [0.3, 0.4) is 0 Å². The van der Waals surface area contributed by atoms with Crippen molar-refractivity contribution >= 4 is 0 Å². The van der Waals surface area contributed by atoms with E-state index in [1.54, 1.807) is 0 Å². The van der Waals surface area contributed by atoms with E-state index in [0.29, 0.717) is 18.2 Å². The summed E-state index contributed by atoms with van der Waals surface area (Å²) in [6.07, 6.45) is 8.07. The average molecular weight is 240 g/mol. The Morgan fingerprint density at radius 2 is 2.18 bits per heavy atom. The van der Waals surface area contributed by atoms with E-state index in [4.69, 9.17) is 4.74 Å². The molecule has 0 saturated carbocycles. The van der Waals surface area contributed by atoms with E-state index in [2.05, 4.69) is 24.2 Å². The number of likely N-dealkylation sites (tertiary alicyclic amines) is 1. The molecule has 3 atom stereocenters. The quantitative estimate of drug-likeness (QED) is 0.813. The Bertz CT molecular complexity index is 220. The lowest BCUT2D eigenvalue weighted by Crippen LogP contribution is -2.50. The number of hydrogen-bond donors (Lipinski definition) is 1. The standard InChI is InChI=1S/C14H28N2O/c1-3-5-14-10-12(7-9-17-14)15-13-6-4-8-16(2)11-13/h12-15H,3-11H2,1-2H3. The van der Waals surface area contributed by atoms with E-state index < -0.39 is 0 Å². The summed E-state index contributed by atoms with van der Waals surface area (Å²) in [6.45, 7) is 5.68. The highest BCUT2D eigenvalue weighted by molar-refractivity contribution is 4.83. The zero-order valence-corrected chi connectivity index (χ0v) is 11.5. The highest BCUT2D eigenvalue weighted by atomic mass is 16.5. The third kappa shape index (κ3) is 4.23. The highest BCUT2D eigenvalue weighted by Gasteiger charge is 2.25. The first-order valence-corrected chi connectivity index (χ1v) is 7.34. The van der Waals surface area contributed by atoms with Gasteiger partial charge in [-0.05, 0) is 45.7 Å². The maximum absolute atomic E-state index is 5.81. The SMILES string of the molecule is CCCC1CC(NC2CCCN(C)C2)CCO1. The summed E-state index contributed by atoms with van der Waals surface area (Å²) < 4.78 is 5.81. The molecule has 0 radical (unpaired) electrons. The average Bonchev–Trinajstić information content (AvgIpc) is 2.30. The number of ether oxygens (including phenoxy) is 1. The number of nitrogens with one attached hydrogen (secondary N) is 1. The van der Waals surface area contributed by atoms with Crippen molar-refractivity contribution in [3.05, 3.63) is 0 Å². The zero-order chi connectivity index (χ0) is 12.1. The second kappa shape index (κ2) is 6.72. The van der Waals surface area contributed by atoms with Gasteiger partial charge >= 0.3 is 0 Å².